The molecule has 0 saturated carbocycles. The van der Waals surface area contributed by atoms with Crippen LogP contribution in [0.2, 0.25) is 5.02 Å². The molecule has 3 aromatic carbocycles. The lowest BCUT2D eigenvalue weighted by molar-refractivity contribution is -0.384. The second-order valence-electron chi connectivity index (χ2n) is 6.26. The summed E-state index contributed by atoms with van der Waals surface area (Å²) in [6.45, 7) is 0. The average Bonchev–Trinajstić information content (AvgIpc) is 2.77. The van der Waals surface area contributed by atoms with Crippen LogP contribution in [0.1, 0.15) is 0 Å². The number of anilines is 4. The first-order valence-electron chi connectivity index (χ1n) is 9.00. The van der Waals surface area contributed by atoms with E-state index in [1.54, 1.807) is 18.2 Å². The molecule has 9 heteroatoms. The number of nitrogens with zero attached hydrogens (tertiary/aromatic N) is 2. The van der Waals surface area contributed by atoms with Gasteiger partial charge >= 0.3 is 0 Å². The van der Waals surface area contributed by atoms with E-state index in [1.165, 1.54) is 18.3 Å². The minimum Gasteiger partial charge on any atom is -0.360 e. The Kier molecular flexibility index (Phi) is 6.83. The standard InChI is InChI=1S/C22H16ClN5O3/c23-20-11-10-19(12-21(20)28(30)31)27-22(29)15(13-24)14-25-16-6-8-18(9-7-16)26-17-4-2-1-3-5-17/h1-12,14,25-26H,(H,27,29)/b15-14-. The van der Waals surface area contributed by atoms with Gasteiger partial charge in [0, 0.05) is 35.0 Å². The summed E-state index contributed by atoms with van der Waals surface area (Å²) in [6.07, 6.45) is 1.26. The van der Waals surface area contributed by atoms with E-state index >= 15 is 0 Å². The van der Waals surface area contributed by atoms with Crippen molar-refractivity contribution in [1.29, 1.82) is 5.26 Å². The van der Waals surface area contributed by atoms with Gasteiger partial charge < -0.3 is 16.0 Å². The van der Waals surface area contributed by atoms with Crippen molar-refractivity contribution >= 4 is 45.9 Å². The van der Waals surface area contributed by atoms with Crippen molar-refractivity contribution in [2.24, 2.45) is 0 Å². The highest BCUT2D eigenvalue weighted by atomic mass is 35.5. The number of rotatable bonds is 7. The zero-order valence-corrected chi connectivity index (χ0v) is 16.8. The zero-order chi connectivity index (χ0) is 22.2. The van der Waals surface area contributed by atoms with E-state index < -0.39 is 10.8 Å². The minimum absolute atomic E-state index is 0.0501. The van der Waals surface area contributed by atoms with Crippen molar-refractivity contribution in [3.63, 3.8) is 0 Å². The molecule has 154 valence electrons. The highest BCUT2D eigenvalue weighted by Gasteiger charge is 2.15. The van der Waals surface area contributed by atoms with Gasteiger partial charge in [-0.25, -0.2) is 0 Å². The fourth-order valence-electron chi connectivity index (χ4n) is 2.57. The second-order valence-corrected chi connectivity index (χ2v) is 6.67. The van der Waals surface area contributed by atoms with Crippen LogP contribution < -0.4 is 16.0 Å². The Morgan fingerprint density at radius 1 is 0.968 bits per heavy atom. The Balaban J connectivity index is 1.65. The fourth-order valence-corrected chi connectivity index (χ4v) is 2.76. The molecule has 0 saturated heterocycles. The molecule has 3 N–H and O–H groups in total. The van der Waals surface area contributed by atoms with Crippen LogP contribution in [0.25, 0.3) is 0 Å². The predicted octanol–water partition coefficient (Wildman–Crippen LogP) is 5.45. The predicted molar refractivity (Wildman–Crippen MR) is 120 cm³/mol. The van der Waals surface area contributed by atoms with Gasteiger partial charge in [-0.15, -0.1) is 0 Å². The third-order valence-electron chi connectivity index (χ3n) is 4.10. The second kappa shape index (κ2) is 9.91. The first-order valence-corrected chi connectivity index (χ1v) is 9.38. The molecule has 0 radical (unpaired) electrons. The Morgan fingerprint density at radius 3 is 2.23 bits per heavy atom. The molecule has 0 aliphatic carbocycles. The Morgan fingerprint density at radius 2 is 1.58 bits per heavy atom. The maximum absolute atomic E-state index is 12.3. The molecule has 0 bridgehead atoms. The van der Waals surface area contributed by atoms with Crippen LogP contribution in [-0.2, 0) is 4.79 Å². The molecule has 31 heavy (non-hydrogen) atoms. The largest absolute Gasteiger partial charge is 0.360 e. The van der Waals surface area contributed by atoms with Crippen molar-refractivity contribution in [3.8, 4) is 6.07 Å². The number of nitriles is 1. The number of benzene rings is 3. The summed E-state index contributed by atoms with van der Waals surface area (Å²) in [5.41, 5.74) is 2.10. The van der Waals surface area contributed by atoms with Gasteiger partial charge in [0.2, 0.25) is 0 Å². The molecule has 3 aromatic rings. The number of nitro benzene ring substituents is 1. The van der Waals surface area contributed by atoms with Crippen LogP contribution in [0.5, 0.6) is 0 Å². The lowest BCUT2D eigenvalue weighted by Crippen LogP contribution is -2.14. The van der Waals surface area contributed by atoms with E-state index in [-0.39, 0.29) is 22.0 Å². The van der Waals surface area contributed by atoms with Gasteiger partial charge in [0.05, 0.1) is 4.92 Å². The normalized spacial score (nSPS) is 10.6. The summed E-state index contributed by atoms with van der Waals surface area (Å²) in [5, 5.41) is 28.8. The molecule has 0 fully saturated rings. The van der Waals surface area contributed by atoms with Gasteiger partial charge in [-0.1, -0.05) is 29.8 Å². The maximum atomic E-state index is 12.3. The van der Waals surface area contributed by atoms with Crippen molar-refractivity contribution in [2.75, 3.05) is 16.0 Å². The smallest absolute Gasteiger partial charge is 0.289 e. The van der Waals surface area contributed by atoms with Crippen LogP contribution in [0.3, 0.4) is 0 Å². The molecule has 3 rings (SSSR count). The SMILES string of the molecule is N#C/C(=C/Nc1ccc(Nc2ccccc2)cc1)C(=O)Nc1ccc(Cl)c([N+](=O)[O-])c1. The van der Waals surface area contributed by atoms with Gasteiger partial charge in [-0.2, -0.15) is 5.26 Å². The van der Waals surface area contributed by atoms with E-state index in [2.05, 4.69) is 16.0 Å². The van der Waals surface area contributed by atoms with Gasteiger partial charge in [0.1, 0.15) is 16.7 Å². The number of amides is 1. The fraction of sp³-hybridized carbons (Fsp3) is 0. The van der Waals surface area contributed by atoms with Crippen molar-refractivity contribution < 1.29 is 9.72 Å². The summed E-state index contributed by atoms with van der Waals surface area (Å²) in [5.74, 6) is -0.714. The molecular weight excluding hydrogens is 418 g/mol. The molecular formula is C22H16ClN5O3. The Hall–Kier alpha value is -4.35. The highest BCUT2D eigenvalue weighted by Crippen LogP contribution is 2.27. The van der Waals surface area contributed by atoms with Crippen molar-refractivity contribution in [3.05, 3.63) is 99.7 Å². The zero-order valence-electron chi connectivity index (χ0n) is 16.0. The molecule has 0 unspecified atom stereocenters. The number of halogens is 1. The molecule has 0 aliphatic heterocycles. The van der Waals surface area contributed by atoms with Crippen LogP contribution >= 0.6 is 11.6 Å². The molecule has 0 atom stereocenters. The van der Waals surface area contributed by atoms with Gasteiger partial charge in [0.15, 0.2) is 0 Å². The van der Waals surface area contributed by atoms with Gasteiger partial charge in [0.25, 0.3) is 11.6 Å². The van der Waals surface area contributed by atoms with Crippen LogP contribution in [0.4, 0.5) is 28.4 Å². The van der Waals surface area contributed by atoms with Gasteiger partial charge in [-0.05, 0) is 48.5 Å². The first kappa shape index (κ1) is 21.4. The summed E-state index contributed by atoms with van der Waals surface area (Å²) >= 11 is 5.76. The van der Waals surface area contributed by atoms with Crippen LogP contribution in [0.15, 0.2) is 84.6 Å². The topological polar surface area (TPSA) is 120 Å². The lowest BCUT2D eigenvalue weighted by atomic mass is 10.2. The number of hydrogen-bond donors (Lipinski definition) is 3. The minimum atomic E-state index is -0.714. The van der Waals surface area contributed by atoms with E-state index in [4.69, 9.17) is 11.6 Å². The number of para-hydroxylation sites is 1. The number of carbonyl (C=O) groups excluding carboxylic acids is 1. The summed E-state index contributed by atoms with van der Waals surface area (Å²) in [7, 11) is 0. The van der Waals surface area contributed by atoms with E-state index in [0.717, 1.165) is 17.4 Å². The number of hydrogen-bond acceptors (Lipinski definition) is 6. The van der Waals surface area contributed by atoms with Gasteiger partial charge in [-0.3, -0.25) is 14.9 Å². The van der Waals surface area contributed by atoms with Crippen molar-refractivity contribution in [1.82, 2.24) is 0 Å². The summed E-state index contributed by atoms with van der Waals surface area (Å²) in [6, 6.07) is 22.6. The van der Waals surface area contributed by atoms with E-state index in [1.807, 2.05) is 42.5 Å². The van der Waals surface area contributed by atoms with E-state index in [9.17, 15) is 20.2 Å². The molecule has 0 heterocycles. The highest BCUT2D eigenvalue weighted by molar-refractivity contribution is 6.32. The molecule has 0 aliphatic rings. The molecule has 8 nitrogen and oxygen atoms in total. The van der Waals surface area contributed by atoms with Crippen molar-refractivity contribution in [2.45, 2.75) is 0 Å². The third kappa shape index (κ3) is 5.82. The van der Waals surface area contributed by atoms with Crippen LogP contribution in [-0.4, -0.2) is 10.8 Å². The number of nitro groups is 1. The molecule has 1 amide bonds. The molecule has 0 spiro atoms. The Labute approximate surface area is 182 Å². The summed E-state index contributed by atoms with van der Waals surface area (Å²) in [4.78, 5) is 22.6. The van der Waals surface area contributed by atoms with E-state index in [0.29, 0.717) is 5.69 Å². The molecule has 0 aromatic heterocycles. The van der Waals surface area contributed by atoms with Crippen LogP contribution in [0, 0.1) is 21.4 Å². The number of nitrogens with one attached hydrogen (secondary N) is 3. The maximum Gasteiger partial charge on any atom is 0.289 e. The quantitative estimate of drug-likeness (QED) is 0.197. The monoisotopic (exact) mass is 433 g/mol. The lowest BCUT2D eigenvalue weighted by Gasteiger charge is -2.08. The Bertz CT molecular complexity index is 1170. The summed E-state index contributed by atoms with van der Waals surface area (Å²) < 4.78 is 0. The first-order chi connectivity index (χ1) is 15.0. The average molecular weight is 434 g/mol. The number of carbonyl (C=O) groups is 1. The third-order valence-corrected chi connectivity index (χ3v) is 4.42.